The van der Waals surface area contributed by atoms with Crippen molar-refractivity contribution in [3.8, 4) is 0 Å². The molecule has 0 saturated heterocycles. The number of carbonyl (C=O) groups is 2. The molecule has 1 fully saturated rings. The second kappa shape index (κ2) is 8.24. The van der Waals surface area contributed by atoms with Gasteiger partial charge in [0.25, 0.3) is 0 Å². The van der Waals surface area contributed by atoms with E-state index >= 15 is 0 Å². The molecule has 1 aromatic carbocycles. The zero-order chi connectivity index (χ0) is 17.7. The molecule has 0 spiro atoms. The van der Waals surface area contributed by atoms with Crippen LogP contribution < -0.4 is 10.6 Å². The zero-order valence-corrected chi connectivity index (χ0v) is 14.5. The fourth-order valence-electron chi connectivity index (χ4n) is 2.57. The van der Waals surface area contributed by atoms with Gasteiger partial charge in [-0.2, -0.15) is 0 Å². The van der Waals surface area contributed by atoms with Crippen LogP contribution >= 0.6 is 0 Å². The highest BCUT2D eigenvalue weighted by atomic mass is 19.1. The minimum atomic E-state index is -0.297. The van der Waals surface area contributed by atoms with Gasteiger partial charge in [-0.05, 0) is 43.5 Å². The smallest absolute Gasteiger partial charge is 0.234 e. The van der Waals surface area contributed by atoms with Crippen molar-refractivity contribution in [3.63, 3.8) is 0 Å². The van der Waals surface area contributed by atoms with E-state index in [0.717, 1.165) is 18.4 Å². The third-order valence-electron chi connectivity index (χ3n) is 3.98. The molecule has 132 valence electrons. The lowest BCUT2D eigenvalue weighted by molar-refractivity contribution is -0.125. The molecular weight excluding hydrogens is 309 g/mol. The third kappa shape index (κ3) is 5.92. The number of halogens is 1. The molecule has 2 N–H and O–H groups in total. The van der Waals surface area contributed by atoms with Gasteiger partial charge in [0.05, 0.1) is 19.1 Å². The lowest BCUT2D eigenvalue weighted by atomic mass is 9.96. The van der Waals surface area contributed by atoms with Gasteiger partial charge in [-0.25, -0.2) is 4.39 Å². The molecule has 0 aliphatic heterocycles. The van der Waals surface area contributed by atoms with Gasteiger partial charge < -0.3 is 10.6 Å². The van der Waals surface area contributed by atoms with E-state index in [1.54, 1.807) is 24.1 Å². The summed E-state index contributed by atoms with van der Waals surface area (Å²) in [7, 11) is 1.74. The van der Waals surface area contributed by atoms with E-state index < -0.39 is 0 Å². The van der Waals surface area contributed by atoms with Crippen molar-refractivity contribution in [2.24, 2.45) is 5.92 Å². The molecular formula is C18H26FN3O2. The molecule has 1 atom stereocenters. The number of hydrogen-bond donors (Lipinski definition) is 2. The first-order chi connectivity index (χ1) is 11.3. The number of likely N-dealkylation sites (N-methyl/N-ethyl adjacent to an activating group) is 1. The summed E-state index contributed by atoms with van der Waals surface area (Å²) in [6.07, 6.45) is 2.09. The minimum absolute atomic E-state index is 0.0493. The highest BCUT2D eigenvalue weighted by molar-refractivity contribution is 5.81. The predicted octanol–water partition coefficient (Wildman–Crippen LogP) is 1.85. The molecule has 0 radical (unpaired) electrons. The van der Waals surface area contributed by atoms with E-state index in [9.17, 15) is 14.0 Å². The first kappa shape index (κ1) is 18.4. The molecule has 0 heterocycles. The summed E-state index contributed by atoms with van der Waals surface area (Å²) in [6, 6.07) is 6.30. The van der Waals surface area contributed by atoms with Crippen LogP contribution in [0, 0.1) is 11.7 Å². The maximum Gasteiger partial charge on any atom is 0.234 e. The summed E-state index contributed by atoms with van der Waals surface area (Å²) in [4.78, 5) is 25.7. The van der Waals surface area contributed by atoms with Gasteiger partial charge in [0.2, 0.25) is 11.8 Å². The summed E-state index contributed by atoms with van der Waals surface area (Å²) in [6.45, 7) is 4.34. The van der Waals surface area contributed by atoms with Gasteiger partial charge in [-0.3, -0.25) is 14.5 Å². The average Bonchev–Trinajstić information content (AvgIpc) is 3.29. The standard InChI is InChI=1S/C18H26FN3O2/c1-12(2)18(13-4-6-14(19)7-5-13)21-17(24)11-22(3)10-16(23)20-15-8-9-15/h4-7,12,15,18H,8-11H2,1-3H3,(H,20,23)(H,21,24). The Balaban J connectivity index is 1.85. The Kier molecular flexibility index (Phi) is 6.31. The van der Waals surface area contributed by atoms with E-state index in [1.807, 2.05) is 13.8 Å². The molecule has 1 aliphatic carbocycles. The Morgan fingerprint density at radius 1 is 1.17 bits per heavy atom. The number of carbonyl (C=O) groups excluding carboxylic acids is 2. The molecule has 1 saturated carbocycles. The van der Waals surface area contributed by atoms with E-state index in [0.29, 0.717) is 6.04 Å². The van der Waals surface area contributed by atoms with Crippen LogP contribution in [0.5, 0.6) is 0 Å². The molecule has 0 bridgehead atoms. The van der Waals surface area contributed by atoms with Crippen molar-refractivity contribution in [3.05, 3.63) is 35.6 Å². The van der Waals surface area contributed by atoms with Crippen molar-refractivity contribution in [1.82, 2.24) is 15.5 Å². The van der Waals surface area contributed by atoms with Crippen molar-refractivity contribution >= 4 is 11.8 Å². The second-order valence-corrected chi connectivity index (χ2v) is 6.85. The van der Waals surface area contributed by atoms with Crippen LogP contribution in [0.25, 0.3) is 0 Å². The number of nitrogens with one attached hydrogen (secondary N) is 2. The van der Waals surface area contributed by atoms with E-state index in [1.165, 1.54) is 12.1 Å². The summed E-state index contributed by atoms with van der Waals surface area (Å²) >= 11 is 0. The summed E-state index contributed by atoms with van der Waals surface area (Å²) in [5.74, 6) is -0.330. The van der Waals surface area contributed by atoms with Crippen LogP contribution in [0.4, 0.5) is 4.39 Å². The first-order valence-corrected chi connectivity index (χ1v) is 8.38. The van der Waals surface area contributed by atoms with E-state index in [4.69, 9.17) is 0 Å². The van der Waals surface area contributed by atoms with Crippen LogP contribution in [0.1, 0.15) is 38.3 Å². The van der Waals surface area contributed by atoms with Crippen LogP contribution in [0.15, 0.2) is 24.3 Å². The molecule has 1 unspecified atom stereocenters. The molecule has 2 rings (SSSR count). The van der Waals surface area contributed by atoms with Crippen LogP contribution in [0.2, 0.25) is 0 Å². The average molecular weight is 335 g/mol. The Labute approximate surface area is 142 Å². The highest BCUT2D eigenvalue weighted by Crippen LogP contribution is 2.22. The predicted molar refractivity (Wildman–Crippen MR) is 90.8 cm³/mol. The largest absolute Gasteiger partial charge is 0.352 e. The lowest BCUT2D eigenvalue weighted by Gasteiger charge is -2.24. The van der Waals surface area contributed by atoms with Gasteiger partial charge in [-0.1, -0.05) is 26.0 Å². The van der Waals surface area contributed by atoms with Crippen LogP contribution in [0.3, 0.4) is 0 Å². The number of benzene rings is 1. The van der Waals surface area contributed by atoms with Gasteiger partial charge in [0.15, 0.2) is 0 Å². The number of nitrogens with zero attached hydrogens (tertiary/aromatic N) is 1. The molecule has 24 heavy (non-hydrogen) atoms. The van der Waals surface area contributed by atoms with E-state index in [-0.39, 0.29) is 42.7 Å². The number of amides is 2. The van der Waals surface area contributed by atoms with Gasteiger partial charge in [0, 0.05) is 6.04 Å². The Morgan fingerprint density at radius 2 is 1.75 bits per heavy atom. The third-order valence-corrected chi connectivity index (χ3v) is 3.98. The van der Waals surface area contributed by atoms with Crippen molar-refractivity contribution in [1.29, 1.82) is 0 Å². The fourth-order valence-corrected chi connectivity index (χ4v) is 2.57. The first-order valence-electron chi connectivity index (χ1n) is 8.38. The number of hydrogen-bond acceptors (Lipinski definition) is 3. The fraction of sp³-hybridized carbons (Fsp3) is 0.556. The number of rotatable bonds is 8. The van der Waals surface area contributed by atoms with Gasteiger partial charge in [0.1, 0.15) is 5.82 Å². The zero-order valence-electron chi connectivity index (χ0n) is 14.5. The normalized spacial score (nSPS) is 15.4. The van der Waals surface area contributed by atoms with Gasteiger partial charge >= 0.3 is 0 Å². The molecule has 1 aromatic rings. The topological polar surface area (TPSA) is 61.4 Å². The SMILES string of the molecule is CC(C)C(NC(=O)CN(C)CC(=O)NC1CC1)c1ccc(F)cc1. The molecule has 6 heteroatoms. The van der Waals surface area contributed by atoms with Crippen LogP contribution in [-0.2, 0) is 9.59 Å². The maximum atomic E-state index is 13.1. The van der Waals surface area contributed by atoms with Crippen molar-refractivity contribution < 1.29 is 14.0 Å². The maximum absolute atomic E-state index is 13.1. The monoisotopic (exact) mass is 335 g/mol. The molecule has 0 aromatic heterocycles. The molecule has 5 nitrogen and oxygen atoms in total. The summed E-state index contributed by atoms with van der Waals surface area (Å²) < 4.78 is 13.1. The highest BCUT2D eigenvalue weighted by Gasteiger charge is 2.24. The summed E-state index contributed by atoms with van der Waals surface area (Å²) in [5.41, 5.74) is 0.869. The van der Waals surface area contributed by atoms with E-state index in [2.05, 4.69) is 10.6 Å². The minimum Gasteiger partial charge on any atom is -0.352 e. The Hall–Kier alpha value is -1.95. The quantitative estimate of drug-likeness (QED) is 0.762. The summed E-state index contributed by atoms with van der Waals surface area (Å²) in [5, 5.41) is 5.88. The molecule has 2 amide bonds. The van der Waals surface area contributed by atoms with Crippen LogP contribution in [-0.4, -0.2) is 42.9 Å². The Morgan fingerprint density at radius 3 is 2.29 bits per heavy atom. The van der Waals surface area contributed by atoms with Crippen molar-refractivity contribution in [2.45, 2.75) is 38.8 Å². The Bertz CT molecular complexity index is 570. The van der Waals surface area contributed by atoms with Gasteiger partial charge in [-0.15, -0.1) is 0 Å². The second-order valence-electron chi connectivity index (χ2n) is 6.85. The lowest BCUT2D eigenvalue weighted by Crippen LogP contribution is -2.42. The molecule has 1 aliphatic rings. The van der Waals surface area contributed by atoms with Crippen molar-refractivity contribution in [2.75, 3.05) is 20.1 Å².